The molecule has 0 radical (unpaired) electrons. The van der Waals surface area contributed by atoms with Gasteiger partial charge in [-0.25, -0.2) is 0 Å². The quantitative estimate of drug-likeness (QED) is 0.775. The van der Waals surface area contributed by atoms with Gasteiger partial charge in [-0.2, -0.15) is 0 Å². The van der Waals surface area contributed by atoms with Crippen molar-refractivity contribution >= 4 is 0 Å². The van der Waals surface area contributed by atoms with E-state index in [0.29, 0.717) is 12.0 Å². The minimum Gasteiger partial charge on any atom is -0.465 e. The molecule has 1 saturated heterocycles. The van der Waals surface area contributed by atoms with Gasteiger partial charge in [-0.3, -0.25) is 0 Å². The van der Waals surface area contributed by atoms with Crippen LogP contribution in [-0.4, -0.2) is 32.3 Å². The topological polar surface area (TPSA) is 46.4 Å². The summed E-state index contributed by atoms with van der Waals surface area (Å²) in [4.78, 5) is 0. The number of nitrogens with one attached hydrogen (secondary N) is 2. The Hall–Kier alpha value is -0.840. The van der Waals surface area contributed by atoms with E-state index in [4.69, 9.17) is 9.15 Å². The number of furan rings is 1. The molecule has 4 heteroatoms. The third-order valence-electron chi connectivity index (χ3n) is 3.36. The van der Waals surface area contributed by atoms with E-state index in [1.54, 1.807) is 0 Å². The Morgan fingerprint density at radius 2 is 2.22 bits per heavy atom. The van der Waals surface area contributed by atoms with E-state index in [1.165, 1.54) is 6.42 Å². The molecule has 0 saturated carbocycles. The van der Waals surface area contributed by atoms with Crippen LogP contribution in [0.5, 0.6) is 0 Å². The molecule has 1 fully saturated rings. The zero-order valence-electron chi connectivity index (χ0n) is 11.4. The molecular formula is C14H24N2O2. The highest BCUT2D eigenvalue weighted by Gasteiger charge is 2.26. The number of hydrogen-bond acceptors (Lipinski definition) is 4. The third-order valence-corrected chi connectivity index (χ3v) is 3.36. The van der Waals surface area contributed by atoms with Crippen LogP contribution in [0.4, 0.5) is 0 Å². The summed E-state index contributed by atoms with van der Waals surface area (Å²) in [5.41, 5.74) is 0. The monoisotopic (exact) mass is 252 g/mol. The SMILES string of the molecule is CCCNC1COCC1CNCc1ccc(C)o1. The van der Waals surface area contributed by atoms with E-state index in [2.05, 4.69) is 17.6 Å². The molecule has 102 valence electrons. The number of hydrogen-bond donors (Lipinski definition) is 2. The first kappa shape index (κ1) is 13.6. The van der Waals surface area contributed by atoms with Crippen LogP contribution in [-0.2, 0) is 11.3 Å². The fraction of sp³-hybridized carbons (Fsp3) is 0.714. The van der Waals surface area contributed by atoms with E-state index in [9.17, 15) is 0 Å². The van der Waals surface area contributed by atoms with Crippen molar-refractivity contribution in [3.63, 3.8) is 0 Å². The van der Waals surface area contributed by atoms with Gasteiger partial charge in [0.15, 0.2) is 0 Å². The molecule has 1 aliphatic rings. The summed E-state index contributed by atoms with van der Waals surface area (Å²) < 4.78 is 11.1. The summed E-state index contributed by atoms with van der Waals surface area (Å²) in [5, 5.41) is 7.00. The zero-order valence-corrected chi connectivity index (χ0v) is 11.4. The zero-order chi connectivity index (χ0) is 12.8. The average Bonchev–Trinajstić information content (AvgIpc) is 2.96. The van der Waals surface area contributed by atoms with Crippen molar-refractivity contribution in [3.05, 3.63) is 23.7 Å². The molecule has 0 aromatic carbocycles. The Balaban J connectivity index is 1.69. The van der Waals surface area contributed by atoms with Crippen LogP contribution < -0.4 is 10.6 Å². The van der Waals surface area contributed by atoms with Crippen LogP contribution in [0, 0.1) is 12.8 Å². The Kier molecular flexibility index (Phi) is 5.23. The summed E-state index contributed by atoms with van der Waals surface area (Å²) in [6.07, 6.45) is 1.17. The smallest absolute Gasteiger partial charge is 0.117 e. The molecule has 2 N–H and O–H groups in total. The largest absolute Gasteiger partial charge is 0.465 e. The molecule has 1 aromatic rings. The summed E-state index contributed by atoms with van der Waals surface area (Å²) in [7, 11) is 0. The lowest BCUT2D eigenvalue weighted by molar-refractivity contribution is 0.182. The maximum atomic E-state index is 5.55. The normalized spacial score (nSPS) is 23.7. The first-order valence-electron chi connectivity index (χ1n) is 6.86. The molecule has 18 heavy (non-hydrogen) atoms. The second-order valence-corrected chi connectivity index (χ2v) is 5.00. The van der Waals surface area contributed by atoms with Crippen molar-refractivity contribution in [2.24, 2.45) is 5.92 Å². The molecule has 2 unspecified atom stereocenters. The van der Waals surface area contributed by atoms with Crippen molar-refractivity contribution in [1.82, 2.24) is 10.6 Å². The molecular weight excluding hydrogens is 228 g/mol. The molecule has 2 atom stereocenters. The lowest BCUT2D eigenvalue weighted by Gasteiger charge is -2.18. The number of aryl methyl sites for hydroxylation is 1. The highest BCUT2D eigenvalue weighted by molar-refractivity contribution is 5.05. The van der Waals surface area contributed by atoms with Gasteiger partial charge >= 0.3 is 0 Å². The van der Waals surface area contributed by atoms with Crippen LogP contribution in [0.2, 0.25) is 0 Å². The second-order valence-electron chi connectivity index (χ2n) is 5.00. The van der Waals surface area contributed by atoms with Crippen molar-refractivity contribution < 1.29 is 9.15 Å². The number of ether oxygens (including phenoxy) is 1. The highest BCUT2D eigenvalue weighted by atomic mass is 16.5. The molecule has 0 aliphatic carbocycles. The summed E-state index contributed by atoms with van der Waals surface area (Å²) in [6, 6.07) is 4.53. The summed E-state index contributed by atoms with van der Waals surface area (Å²) in [5.74, 6) is 2.54. The second kappa shape index (κ2) is 6.92. The average molecular weight is 252 g/mol. The molecule has 0 amide bonds. The molecule has 1 aliphatic heterocycles. The van der Waals surface area contributed by atoms with Crippen molar-refractivity contribution in [3.8, 4) is 0 Å². The van der Waals surface area contributed by atoms with Gasteiger partial charge in [0.2, 0.25) is 0 Å². The van der Waals surface area contributed by atoms with Crippen LogP contribution in [0.3, 0.4) is 0 Å². The van der Waals surface area contributed by atoms with E-state index in [-0.39, 0.29) is 0 Å². The maximum absolute atomic E-state index is 5.55. The molecule has 2 rings (SSSR count). The van der Waals surface area contributed by atoms with Gasteiger partial charge in [-0.05, 0) is 32.0 Å². The van der Waals surface area contributed by atoms with Gasteiger partial charge in [0.25, 0.3) is 0 Å². The standard InChI is InChI=1S/C14H24N2O2/c1-3-6-16-14-10-17-9-12(14)7-15-8-13-5-4-11(2)18-13/h4-5,12,14-16H,3,6-10H2,1-2H3. The first-order valence-corrected chi connectivity index (χ1v) is 6.86. The number of rotatable bonds is 7. The van der Waals surface area contributed by atoms with E-state index in [1.807, 2.05) is 19.1 Å². The minimum atomic E-state index is 0.496. The molecule has 4 nitrogen and oxygen atoms in total. The Morgan fingerprint density at radius 1 is 1.33 bits per heavy atom. The Morgan fingerprint density at radius 3 is 2.94 bits per heavy atom. The predicted molar refractivity (Wildman–Crippen MR) is 71.5 cm³/mol. The van der Waals surface area contributed by atoms with E-state index >= 15 is 0 Å². The van der Waals surface area contributed by atoms with Gasteiger partial charge in [0.05, 0.1) is 19.8 Å². The predicted octanol–water partition coefficient (Wildman–Crippen LogP) is 1.69. The lowest BCUT2D eigenvalue weighted by Crippen LogP contribution is -2.40. The van der Waals surface area contributed by atoms with Crippen LogP contribution in [0.25, 0.3) is 0 Å². The lowest BCUT2D eigenvalue weighted by atomic mass is 10.0. The molecule has 0 bridgehead atoms. The van der Waals surface area contributed by atoms with Crippen LogP contribution in [0.15, 0.2) is 16.5 Å². The highest BCUT2D eigenvalue weighted by Crippen LogP contribution is 2.13. The van der Waals surface area contributed by atoms with Crippen LogP contribution >= 0.6 is 0 Å². The van der Waals surface area contributed by atoms with Crippen LogP contribution in [0.1, 0.15) is 24.9 Å². The van der Waals surface area contributed by atoms with E-state index < -0.39 is 0 Å². The first-order chi connectivity index (χ1) is 8.79. The molecule has 2 heterocycles. The Bertz CT molecular complexity index is 351. The van der Waals surface area contributed by atoms with Gasteiger partial charge in [-0.1, -0.05) is 6.92 Å². The van der Waals surface area contributed by atoms with Crippen molar-refractivity contribution in [2.45, 2.75) is 32.9 Å². The summed E-state index contributed by atoms with van der Waals surface area (Å²) >= 11 is 0. The fourth-order valence-electron chi connectivity index (χ4n) is 2.32. The Labute approximate surface area is 109 Å². The van der Waals surface area contributed by atoms with Gasteiger partial charge in [0, 0.05) is 18.5 Å². The van der Waals surface area contributed by atoms with Crippen molar-refractivity contribution in [1.29, 1.82) is 0 Å². The van der Waals surface area contributed by atoms with E-state index in [0.717, 1.165) is 44.4 Å². The van der Waals surface area contributed by atoms with Gasteiger partial charge < -0.3 is 19.8 Å². The summed E-state index contributed by atoms with van der Waals surface area (Å²) in [6.45, 7) is 8.69. The molecule has 0 spiro atoms. The van der Waals surface area contributed by atoms with Crippen molar-refractivity contribution in [2.75, 3.05) is 26.3 Å². The van der Waals surface area contributed by atoms with Gasteiger partial charge in [-0.15, -0.1) is 0 Å². The minimum absolute atomic E-state index is 0.496. The van der Waals surface area contributed by atoms with Gasteiger partial charge in [0.1, 0.15) is 11.5 Å². The fourth-order valence-corrected chi connectivity index (χ4v) is 2.32. The maximum Gasteiger partial charge on any atom is 0.117 e. The molecule has 1 aromatic heterocycles. The third kappa shape index (κ3) is 3.83.